The van der Waals surface area contributed by atoms with E-state index in [0.29, 0.717) is 12.1 Å². The van der Waals surface area contributed by atoms with E-state index in [-0.39, 0.29) is 0 Å². The maximum Gasteiger partial charge on any atom is 0.0650 e. The van der Waals surface area contributed by atoms with Crippen molar-refractivity contribution in [1.82, 2.24) is 5.32 Å². The highest BCUT2D eigenvalue weighted by atomic mass is 127. The van der Waals surface area contributed by atoms with Crippen LogP contribution in [0.4, 0.5) is 5.69 Å². The Morgan fingerprint density at radius 1 is 1.39 bits per heavy atom. The minimum Gasteiger partial charge on any atom is -0.365 e. The van der Waals surface area contributed by atoms with Crippen LogP contribution in [0.3, 0.4) is 0 Å². The largest absolute Gasteiger partial charge is 0.365 e. The summed E-state index contributed by atoms with van der Waals surface area (Å²) in [4.78, 5) is 2.48. The first kappa shape index (κ1) is 14.4. The van der Waals surface area contributed by atoms with Gasteiger partial charge in [-0.2, -0.15) is 0 Å². The molecule has 1 aliphatic heterocycles. The van der Waals surface area contributed by atoms with Gasteiger partial charge in [-0.1, -0.05) is 25.4 Å². The molecule has 1 heterocycles. The second-order valence-corrected chi connectivity index (χ2v) is 6.48. The third-order valence-electron chi connectivity index (χ3n) is 3.68. The number of anilines is 1. The van der Waals surface area contributed by atoms with Gasteiger partial charge in [0.1, 0.15) is 0 Å². The molecule has 0 radical (unpaired) electrons. The van der Waals surface area contributed by atoms with Gasteiger partial charge in [0.05, 0.1) is 10.7 Å². The van der Waals surface area contributed by atoms with E-state index in [0.717, 1.165) is 31.0 Å². The summed E-state index contributed by atoms with van der Waals surface area (Å²) in [6.45, 7) is 6.58. The predicted octanol–water partition coefficient (Wildman–Crippen LogP) is 3.91. The number of nitrogens with one attached hydrogen (secondary N) is 1. The second kappa shape index (κ2) is 6.44. The molecule has 1 fully saturated rings. The lowest BCUT2D eigenvalue weighted by molar-refractivity contribution is 0.379. The molecular weight excluding hydrogens is 359 g/mol. The van der Waals surface area contributed by atoms with Gasteiger partial charge in [0, 0.05) is 28.7 Å². The molecule has 0 saturated carbocycles. The van der Waals surface area contributed by atoms with Crippen LogP contribution in [0.5, 0.6) is 0 Å². The molecule has 0 spiro atoms. The van der Waals surface area contributed by atoms with Gasteiger partial charge >= 0.3 is 0 Å². The number of halogens is 2. The number of rotatable bonds is 3. The molecule has 0 aliphatic carbocycles. The van der Waals surface area contributed by atoms with E-state index in [1.807, 2.05) is 6.07 Å². The standard InChI is InChI=1S/C14H20ClIN2/c1-3-11-9-18(12(4-2)8-17-11)14-6-5-10(16)7-13(14)15/h5-7,11-12,17H,3-4,8-9H2,1-2H3. The monoisotopic (exact) mass is 378 g/mol. The van der Waals surface area contributed by atoms with Gasteiger partial charge in [-0.3, -0.25) is 0 Å². The highest BCUT2D eigenvalue weighted by Crippen LogP contribution is 2.31. The normalized spacial score (nSPS) is 24.3. The van der Waals surface area contributed by atoms with Gasteiger partial charge in [-0.15, -0.1) is 0 Å². The highest BCUT2D eigenvalue weighted by Gasteiger charge is 2.27. The zero-order chi connectivity index (χ0) is 13.1. The lowest BCUT2D eigenvalue weighted by atomic mass is 10.0. The average molecular weight is 379 g/mol. The molecule has 100 valence electrons. The maximum atomic E-state index is 6.41. The number of piperazine rings is 1. The molecule has 1 aromatic rings. The first-order valence-corrected chi connectivity index (χ1v) is 8.06. The van der Waals surface area contributed by atoms with Crippen LogP contribution in [0.25, 0.3) is 0 Å². The lowest BCUT2D eigenvalue weighted by Crippen LogP contribution is -2.56. The van der Waals surface area contributed by atoms with E-state index in [2.05, 4.69) is 58.8 Å². The molecule has 1 aliphatic rings. The van der Waals surface area contributed by atoms with E-state index in [1.165, 1.54) is 9.26 Å². The molecule has 2 rings (SSSR count). The number of hydrogen-bond donors (Lipinski definition) is 1. The fraction of sp³-hybridized carbons (Fsp3) is 0.571. The van der Waals surface area contributed by atoms with Crippen LogP contribution < -0.4 is 10.2 Å². The van der Waals surface area contributed by atoms with Crippen LogP contribution in [0.1, 0.15) is 26.7 Å². The number of benzene rings is 1. The van der Waals surface area contributed by atoms with Crippen LogP contribution in [0, 0.1) is 3.57 Å². The van der Waals surface area contributed by atoms with Crippen LogP contribution in [-0.2, 0) is 0 Å². The van der Waals surface area contributed by atoms with E-state index in [4.69, 9.17) is 11.6 Å². The molecule has 4 heteroatoms. The van der Waals surface area contributed by atoms with E-state index in [1.54, 1.807) is 0 Å². The molecule has 1 saturated heterocycles. The van der Waals surface area contributed by atoms with Crippen LogP contribution in [0.2, 0.25) is 5.02 Å². The third kappa shape index (κ3) is 3.11. The van der Waals surface area contributed by atoms with Gasteiger partial charge < -0.3 is 10.2 Å². The van der Waals surface area contributed by atoms with Crippen molar-refractivity contribution in [2.24, 2.45) is 0 Å². The van der Waals surface area contributed by atoms with Crippen molar-refractivity contribution in [3.63, 3.8) is 0 Å². The molecule has 1 aromatic carbocycles. The van der Waals surface area contributed by atoms with Crippen molar-refractivity contribution in [1.29, 1.82) is 0 Å². The summed E-state index contributed by atoms with van der Waals surface area (Å²) in [5.41, 5.74) is 1.18. The van der Waals surface area contributed by atoms with Gasteiger partial charge in [0.15, 0.2) is 0 Å². The summed E-state index contributed by atoms with van der Waals surface area (Å²) in [7, 11) is 0. The van der Waals surface area contributed by atoms with Crippen molar-refractivity contribution in [3.05, 3.63) is 26.8 Å². The van der Waals surface area contributed by atoms with Crippen LogP contribution in [0.15, 0.2) is 18.2 Å². The molecule has 18 heavy (non-hydrogen) atoms. The maximum absolute atomic E-state index is 6.41. The molecule has 1 N–H and O–H groups in total. The molecule has 2 unspecified atom stereocenters. The summed E-state index contributed by atoms with van der Waals surface area (Å²) in [6.07, 6.45) is 2.31. The zero-order valence-corrected chi connectivity index (χ0v) is 13.8. The summed E-state index contributed by atoms with van der Waals surface area (Å²) >= 11 is 8.71. The van der Waals surface area contributed by atoms with E-state index in [9.17, 15) is 0 Å². The van der Waals surface area contributed by atoms with Crippen LogP contribution >= 0.6 is 34.2 Å². The Bertz CT molecular complexity index is 411. The summed E-state index contributed by atoms with van der Waals surface area (Å²) in [5.74, 6) is 0. The second-order valence-electron chi connectivity index (χ2n) is 4.82. The molecule has 0 aromatic heterocycles. The van der Waals surface area contributed by atoms with Crippen LogP contribution in [-0.4, -0.2) is 25.2 Å². The van der Waals surface area contributed by atoms with Gasteiger partial charge in [-0.05, 0) is 53.6 Å². The summed E-state index contributed by atoms with van der Waals surface area (Å²) < 4.78 is 1.19. The van der Waals surface area contributed by atoms with Crippen molar-refractivity contribution in [2.75, 3.05) is 18.0 Å². The number of nitrogens with zero attached hydrogens (tertiary/aromatic N) is 1. The third-order valence-corrected chi connectivity index (χ3v) is 4.66. The fourth-order valence-corrected chi connectivity index (χ4v) is 3.48. The Morgan fingerprint density at radius 3 is 2.78 bits per heavy atom. The smallest absolute Gasteiger partial charge is 0.0650 e. The lowest BCUT2D eigenvalue weighted by Gasteiger charge is -2.42. The zero-order valence-electron chi connectivity index (χ0n) is 10.9. The minimum absolute atomic E-state index is 0.547. The molecular formula is C14H20ClIN2. The Balaban J connectivity index is 2.26. The van der Waals surface area contributed by atoms with Crippen molar-refractivity contribution in [3.8, 4) is 0 Å². The first-order chi connectivity index (χ1) is 8.65. The average Bonchev–Trinajstić information content (AvgIpc) is 2.38. The predicted molar refractivity (Wildman–Crippen MR) is 87.7 cm³/mol. The Labute approximate surface area is 128 Å². The SMILES string of the molecule is CCC1CN(c2ccc(I)cc2Cl)C(CC)CN1. The molecule has 2 atom stereocenters. The van der Waals surface area contributed by atoms with Gasteiger partial charge in [0.2, 0.25) is 0 Å². The van der Waals surface area contributed by atoms with Crippen molar-refractivity contribution >= 4 is 39.9 Å². The Kier molecular flexibility index (Phi) is 5.15. The fourth-order valence-electron chi connectivity index (χ4n) is 2.51. The first-order valence-electron chi connectivity index (χ1n) is 6.60. The van der Waals surface area contributed by atoms with Crippen molar-refractivity contribution in [2.45, 2.75) is 38.8 Å². The van der Waals surface area contributed by atoms with E-state index < -0.39 is 0 Å². The molecule has 0 amide bonds. The Morgan fingerprint density at radius 2 is 2.17 bits per heavy atom. The van der Waals surface area contributed by atoms with E-state index >= 15 is 0 Å². The van der Waals surface area contributed by atoms with Crippen molar-refractivity contribution < 1.29 is 0 Å². The summed E-state index contributed by atoms with van der Waals surface area (Å²) in [6, 6.07) is 7.46. The quantitative estimate of drug-likeness (QED) is 0.802. The minimum atomic E-state index is 0.547. The Hall–Kier alpha value is -0.000000000000000132. The molecule has 0 bridgehead atoms. The van der Waals surface area contributed by atoms with Gasteiger partial charge in [0.25, 0.3) is 0 Å². The molecule has 2 nitrogen and oxygen atoms in total. The van der Waals surface area contributed by atoms with Gasteiger partial charge in [-0.25, -0.2) is 0 Å². The topological polar surface area (TPSA) is 15.3 Å². The highest BCUT2D eigenvalue weighted by molar-refractivity contribution is 14.1. The number of hydrogen-bond acceptors (Lipinski definition) is 2. The summed E-state index contributed by atoms with van der Waals surface area (Å²) in [5, 5.41) is 4.49.